The van der Waals surface area contributed by atoms with Crippen LogP contribution in [0.4, 0.5) is 17.2 Å². The number of benzene rings is 2. The Morgan fingerprint density at radius 1 is 0.957 bits per heavy atom. The molecule has 3 aromatic rings. The lowest BCUT2D eigenvalue weighted by Gasteiger charge is -2.09. The van der Waals surface area contributed by atoms with Gasteiger partial charge in [-0.3, -0.25) is 9.78 Å². The van der Waals surface area contributed by atoms with E-state index in [1.54, 1.807) is 13.1 Å². The largest absolute Gasteiger partial charge is 0.339 e. The molecule has 1 aromatic heterocycles. The van der Waals surface area contributed by atoms with Crippen LogP contribution in [0.1, 0.15) is 20.5 Å². The molecule has 1 amide bonds. The van der Waals surface area contributed by atoms with Gasteiger partial charge >= 0.3 is 0 Å². The standard InChI is InChI=1S/C18H16N4O.3H2/c1-13-17(18(23)21-15-10-6-3-7-11-15)22-16(12-19-13)20-14-8-4-2-5-9-14;;;/h2-12H,1H3,(H,20,22)(H,21,23);3*1H. The first-order chi connectivity index (χ1) is 11.2. The van der Waals surface area contributed by atoms with Crippen molar-refractivity contribution in [2.75, 3.05) is 10.6 Å². The molecular formula is C18H22N4O. The van der Waals surface area contributed by atoms with E-state index in [0.29, 0.717) is 17.2 Å². The van der Waals surface area contributed by atoms with Gasteiger partial charge in [-0.15, -0.1) is 0 Å². The van der Waals surface area contributed by atoms with Crippen LogP contribution in [0, 0.1) is 6.92 Å². The van der Waals surface area contributed by atoms with Crippen LogP contribution < -0.4 is 10.6 Å². The van der Waals surface area contributed by atoms with Crippen molar-refractivity contribution in [3.8, 4) is 0 Å². The van der Waals surface area contributed by atoms with Gasteiger partial charge in [-0.2, -0.15) is 0 Å². The fourth-order valence-corrected chi connectivity index (χ4v) is 2.11. The van der Waals surface area contributed by atoms with Gasteiger partial charge in [0, 0.05) is 15.7 Å². The summed E-state index contributed by atoms with van der Waals surface area (Å²) in [5, 5.41) is 5.96. The van der Waals surface area contributed by atoms with Gasteiger partial charge in [0.25, 0.3) is 5.91 Å². The molecule has 2 aromatic carbocycles. The fraction of sp³-hybridized carbons (Fsp3) is 0.0556. The van der Waals surface area contributed by atoms with Gasteiger partial charge in [0.1, 0.15) is 5.82 Å². The second-order valence-corrected chi connectivity index (χ2v) is 5.00. The summed E-state index contributed by atoms with van der Waals surface area (Å²) in [6.07, 6.45) is 1.61. The maximum absolute atomic E-state index is 12.4. The van der Waals surface area contributed by atoms with Crippen molar-refractivity contribution in [1.82, 2.24) is 9.97 Å². The van der Waals surface area contributed by atoms with Crippen LogP contribution in [0.5, 0.6) is 0 Å². The molecule has 0 saturated heterocycles. The summed E-state index contributed by atoms with van der Waals surface area (Å²) in [7, 11) is 0. The number of amides is 1. The number of hydrogen-bond acceptors (Lipinski definition) is 4. The molecule has 0 saturated carbocycles. The van der Waals surface area contributed by atoms with Gasteiger partial charge in [-0.25, -0.2) is 4.98 Å². The minimum Gasteiger partial charge on any atom is -0.339 e. The number of nitrogens with zero attached hydrogens (tertiary/aromatic N) is 2. The van der Waals surface area contributed by atoms with Gasteiger partial charge in [0.15, 0.2) is 5.69 Å². The summed E-state index contributed by atoms with van der Waals surface area (Å²) in [6.45, 7) is 1.76. The number of hydrogen-bond donors (Lipinski definition) is 2. The Morgan fingerprint density at radius 3 is 2.22 bits per heavy atom. The van der Waals surface area contributed by atoms with E-state index in [1.165, 1.54) is 0 Å². The lowest BCUT2D eigenvalue weighted by atomic mass is 10.2. The van der Waals surface area contributed by atoms with Gasteiger partial charge in [-0.05, 0) is 31.2 Å². The van der Waals surface area contributed by atoms with E-state index in [0.717, 1.165) is 11.4 Å². The number of carbonyl (C=O) groups excluding carboxylic acids is 1. The number of anilines is 3. The Bertz CT molecular complexity index is 817. The zero-order valence-electron chi connectivity index (χ0n) is 12.7. The molecular weight excluding hydrogens is 288 g/mol. The molecule has 0 atom stereocenters. The van der Waals surface area contributed by atoms with E-state index >= 15 is 0 Å². The first-order valence-electron chi connectivity index (χ1n) is 7.24. The van der Waals surface area contributed by atoms with E-state index in [4.69, 9.17) is 0 Å². The molecule has 5 heteroatoms. The van der Waals surface area contributed by atoms with Gasteiger partial charge < -0.3 is 10.6 Å². The van der Waals surface area contributed by atoms with Crippen molar-refractivity contribution in [1.29, 1.82) is 0 Å². The number of rotatable bonds is 4. The van der Waals surface area contributed by atoms with Crippen LogP contribution in [0.15, 0.2) is 66.9 Å². The smallest absolute Gasteiger partial charge is 0.276 e. The molecule has 0 spiro atoms. The third-order valence-electron chi connectivity index (χ3n) is 3.25. The number of para-hydroxylation sites is 2. The van der Waals surface area contributed by atoms with E-state index in [9.17, 15) is 4.79 Å². The Morgan fingerprint density at radius 2 is 1.57 bits per heavy atom. The molecule has 120 valence electrons. The Kier molecular flexibility index (Phi) is 4.29. The van der Waals surface area contributed by atoms with Crippen LogP contribution >= 0.6 is 0 Å². The van der Waals surface area contributed by atoms with E-state index in [1.807, 2.05) is 60.7 Å². The number of carbonyl (C=O) groups is 1. The highest BCUT2D eigenvalue weighted by molar-refractivity contribution is 6.03. The summed E-state index contributed by atoms with van der Waals surface area (Å²) < 4.78 is 0. The summed E-state index contributed by atoms with van der Waals surface area (Å²) in [6, 6.07) is 18.9. The van der Waals surface area contributed by atoms with Crippen LogP contribution in [-0.2, 0) is 0 Å². The number of aromatic nitrogens is 2. The topological polar surface area (TPSA) is 66.9 Å². The molecule has 0 aliphatic heterocycles. The minimum atomic E-state index is -0.280. The van der Waals surface area contributed by atoms with Gasteiger partial charge in [-0.1, -0.05) is 36.4 Å². The van der Waals surface area contributed by atoms with E-state index in [2.05, 4.69) is 20.6 Å². The monoisotopic (exact) mass is 310 g/mol. The second kappa shape index (κ2) is 6.70. The molecule has 0 aliphatic rings. The highest BCUT2D eigenvalue weighted by Crippen LogP contribution is 2.15. The fourth-order valence-electron chi connectivity index (χ4n) is 2.11. The van der Waals surface area contributed by atoms with Crippen molar-refractivity contribution >= 4 is 23.1 Å². The van der Waals surface area contributed by atoms with Crippen molar-refractivity contribution in [3.05, 3.63) is 78.2 Å². The quantitative estimate of drug-likeness (QED) is 0.743. The molecule has 3 rings (SSSR count). The molecule has 1 heterocycles. The molecule has 5 nitrogen and oxygen atoms in total. The minimum absolute atomic E-state index is 0. The maximum Gasteiger partial charge on any atom is 0.276 e. The SMILES string of the molecule is Cc1ncc(Nc2ccccc2)nc1C(=O)Nc1ccccc1.[HH].[HH].[HH]. The van der Waals surface area contributed by atoms with Crippen LogP contribution in [-0.4, -0.2) is 15.9 Å². The Labute approximate surface area is 138 Å². The Hall–Kier alpha value is -3.21. The first kappa shape index (κ1) is 14.7. The second-order valence-electron chi connectivity index (χ2n) is 5.00. The third-order valence-corrected chi connectivity index (χ3v) is 3.25. The van der Waals surface area contributed by atoms with Crippen LogP contribution in [0.2, 0.25) is 0 Å². The molecule has 0 radical (unpaired) electrons. The summed E-state index contributed by atoms with van der Waals surface area (Å²) in [5.74, 6) is 0.248. The average molecular weight is 310 g/mol. The number of nitrogens with one attached hydrogen (secondary N) is 2. The molecule has 0 unspecified atom stereocenters. The molecule has 0 aliphatic carbocycles. The summed E-state index contributed by atoms with van der Waals surface area (Å²) in [4.78, 5) is 21.0. The van der Waals surface area contributed by atoms with E-state index in [-0.39, 0.29) is 10.2 Å². The zero-order valence-corrected chi connectivity index (χ0v) is 12.7. The van der Waals surface area contributed by atoms with Crippen molar-refractivity contribution < 1.29 is 9.07 Å². The predicted molar refractivity (Wildman–Crippen MR) is 97.2 cm³/mol. The number of aryl methyl sites for hydroxylation is 1. The molecule has 23 heavy (non-hydrogen) atoms. The zero-order chi connectivity index (χ0) is 16.1. The highest BCUT2D eigenvalue weighted by atomic mass is 16.1. The molecule has 0 fully saturated rings. The third kappa shape index (κ3) is 3.71. The predicted octanol–water partition coefficient (Wildman–Crippen LogP) is 4.52. The first-order valence-corrected chi connectivity index (χ1v) is 7.24. The van der Waals surface area contributed by atoms with E-state index < -0.39 is 0 Å². The lowest BCUT2D eigenvalue weighted by Crippen LogP contribution is -2.16. The van der Waals surface area contributed by atoms with Gasteiger partial charge in [0.2, 0.25) is 0 Å². The maximum atomic E-state index is 12.4. The van der Waals surface area contributed by atoms with Crippen LogP contribution in [0.3, 0.4) is 0 Å². The highest BCUT2D eigenvalue weighted by Gasteiger charge is 2.13. The Balaban J connectivity index is 0.00000208. The van der Waals surface area contributed by atoms with Crippen LogP contribution in [0.25, 0.3) is 0 Å². The van der Waals surface area contributed by atoms with Crippen molar-refractivity contribution in [2.24, 2.45) is 0 Å². The normalized spacial score (nSPS) is 10.1. The molecule has 0 bridgehead atoms. The molecule has 2 N–H and O–H groups in total. The average Bonchev–Trinajstić information content (AvgIpc) is 2.58. The summed E-state index contributed by atoms with van der Waals surface area (Å²) in [5.41, 5.74) is 2.49. The summed E-state index contributed by atoms with van der Waals surface area (Å²) >= 11 is 0. The van der Waals surface area contributed by atoms with Gasteiger partial charge in [0.05, 0.1) is 11.9 Å². The van der Waals surface area contributed by atoms with Crippen molar-refractivity contribution in [2.45, 2.75) is 6.92 Å². The van der Waals surface area contributed by atoms with Crippen molar-refractivity contribution in [3.63, 3.8) is 0 Å². The lowest BCUT2D eigenvalue weighted by molar-refractivity contribution is 0.102.